The summed E-state index contributed by atoms with van der Waals surface area (Å²) < 4.78 is 5.14. The first kappa shape index (κ1) is 11.3. The number of aromatic nitrogens is 1. The third kappa shape index (κ3) is 1.93. The van der Waals surface area contributed by atoms with Crippen LogP contribution in [0.1, 0.15) is 0 Å². The summed E-state index contributed by atoms with van der Waals surface area (Å²) in [6, 6.07) is 12.6. The van der Waals surface area contributed by atoms with Gasteiger partial charge in [-0.1, -0.05) is 30.3 Å². The SMILES string of the molecule is Oc1ccc(-c2ccccc2)c(O)c1-c1ncco1. The molecule has 4 nitrogen and oxygen atoms in total. The highest BCUT2D eigenvalue weighted by Gasteiger charge is 2.18. The average molecular weight is 253 g/mol. The molecule has 94 valence electrons. The Labute approximate surface area is 109 Å². The molecule has 0 aliphatic carbocycles. The Morgan fingerprint density at radius 2 is 1.74 bits per heavy atom. The third-order valence-electron chi connectivity index (χ3n) is 2.89. The lowest BCUT2D eigenvalue weighted by Gasteiger charge is -2.09. The van der Waals surface area contributed by atoms with Crippen LogP contribution in [-0.4, -0.2) is 15.2 Å². The second-order valence-corrected chi connectivity index (χ2v) is 4.06. The van der Waals surface area contributed by atoms with Gasteiger partial charge in [-0.15, -0.1) is 0 Å². The Morgan fingerprint density at radius 1 is 0.947 bits per heavy atom. The van der Waals surface area contributed by atoms with Crippen molar-refractivity contribution in [3.05, 3.63) is 54.9 Å². The van der Waals surface area contributed by atoms with E-state index in [0.717, 1.165) is 5.56 Å². The van der Waals surface area contributed by atoms with E-state index in [1.807, 2.05) is 30.3 Å². The fourth-order valence-electron chi connectivity index (χ4n) is 1.99. The van der Waals surface area contributed by atoms with E-state index in [0.29, 0.717) is 5.56 Å². The smallest absolute Gasteiger partial charge is 0.233 e. The van der Waals surface area contributed by atoms with E-state index < -0.39 is 0 Å². The zero-order chi connectivity index (χ0) is 13.2. The molecule has 2 aromatic carbocycles. The normalized spacial score (nSPS) is 10.5. The van der Waals surface area contributed by atoms with Gasteiger partial charge in [-0.3, -0.25) is 0 Å². The molecule has 0 aliphatic rings. The Hall–Kier alpha value is -2.75. The first-order valence-corrected chi connectivity index (χ1v) is 5.77. The highest BCUT2D eigenvalue weighted by Crippen LogP contribution is 2.42. The molecular weight excluding hydrogens is 242 g/mol. The second-order valence-electron chi connectivity index (χ2n) is 4.06. The Bertz CT molecular complexity index is 691. The van der Waals surface area contributed by atoms with Crippen molar-refractivity contribution in [2.75, 3.05) is 0 Å². The monoisotopic (exact) mass is 253 g/mol. The summed E-state index contributed by atoms with van der Waals surface area (Å²) in [4.78, 5) is 3.96. The molecular formula is C15H11NO3. The second kappa shape index (κ2) is 4.49. The van der Waals surface area contributed by atoms with Crippen LogP contribution in [0.3, 0.4) is 0 Å². The summed E-state index contributed by atoms with van der Waals surface area (Å²) in [7, 11) is 0. The molecule has 0 bridgehead atoms. The van der Waals surface area contributed by atoms with E-state index in [-0.39, 0.29) is 23.0 Å². The molecule has 0 fully saturated rings. The first-order chi connectivity index (χ1) is 9.27. The van der Waals surface area contributed by atoms with E-state index in [1.165, 1.54) is 18.5 Å². The van der Waals surface area contributed by atoms with Crippen LogP contribution in [0.15, 0.2) is 59.3 Å². The maximum absolute atomic E-state index is 10.3. The van der Waals surface area contributed by atoms with Gasteiger partial charge in [-0.05, 0) is 17.7 Å². The van der Waals surface area contributed by atoms with Gasteiger partial charge in [0.2, 0.25) is 5.89 Å². The van der Waals surface area contributed by atoms with Gasteiger partial charge in [0.15, 0.2) is 0 Å². The van der Waals surface area contributed by atoms with Crippen LogP contribution in [0.5, 0.6) is 11.5 Å². The van der Waals surface area contributed by atoms with Gasteiger partial charge < -0.3 is 14.6 Å². The van der Waals surface area contributed by atoms with Crippen molar-refractivity contribution in [2.24, 2.45) is 0 Å². The summed E-state index contributed by atoms with van der Waals surface area (Å²) in [5.74, 6) is 0.0704. The van der Waals surface area contributed by atoms with Crippen molar-refractivity contribution < 1.29 is 14.6 Å². The zero-order valence-electron chi connectivity index (χ0n) is 9.95. The van der Waals surface area contributed by atoms with Crippen LogP contribution in [0.2, 0.25) is 0 Å². The molecule has 0 saturated carbocycles. The first-order valence-electron chi connectivity index (χ1n) is 5.77. The molecule has 0 aliphatic heterocycles. The van der Waals surface area contributed by atoms with Gasteiger partial charge in [0.05, 0.1) is 6.20 Å². The van der Waals surface area contributed by atoms with E-state index in [4.69, 9.17) is 4.42 Å². The molecule has 0 radical (unpaired) electrons. The quantitative estimate of drug-likeness (QED) is 0.734. The molecule has 3 aromatic rings. The summed E-state index contributed by atoms with van der Waals surface area (Å²) in [5, 5.41) is 20.2. The fraction of sp³-hybridized carbons (Fsp3) is 0. The molecule has 1 aromatic heterocycles. The predicted octanol–water partition coefficient (Wildman–Crippen LogP) is 3.42. The van der Waals surface area contributed by atoms with Crippen LogP contribution >= 0.6 is 0 Å². The van der Waals surface area contributed by atoms with Crippen LogP contribution in [-0.2, 0) is 0 Å². The molecule has 3 rings (SSSR count). The van der Waals surface area contributed by atoms with Gasteiger partial charge in [0, 0.05) is 5.56 Å². The molecule has 0 saturated heterocycles. The maximum Gasteiger partial charge on any atom is 0.233 e. The largest absolute Gasteiger partial charge is 0.507 e. The molecule has 19 heavy (non-hydrogen) atoms. The van der Waals surface area contributed by atoms with Gasteiger partial charge in [0.1, 0.15) is 23.3 Å². The number of phenolic OH excluding ortho intramolecular Hbond substituents is 2. The highest BCUT2D eigenvalue weighted by atomic mass is 16.3. The van der Waals surface area contributed by atoms with Gasteiger partial charge in [0.25, 0.3) is 0 Å². The third-order valence-corrected chi connectivity index (χ3v) is 2.89. The van der Waals surface area contributed by atoms with Crippen LogP contribution in [0, 0.1) is 0 Å². The number of phenols is 2. The van der Waals surface area contributed by atoms with Crippen LogP contribution in [0.25, 0.3) is 22.6 Å². The highest BCUT2D eigenvalue weighted by molar-refractivity contribution is 5.82. The summed E-state index contributed by atoms with van der Waals surface area (Å²) >= 11 is 0. The standard InChI is InChI=1S/C15H11NO3/c17-12-7-6-11(10-4-2-1-3-5-10)14(18)13(12)15-16-8-9-19-15/h1-9,17-18H. The van der Waals surface area contributed by atoms with Crippen molar-refractivity contribution >= 4 is 0 Å². The zero-order valence-corrected chi connectivity index (χ0v) is 9.95. The summed E-state index contributed by atoms with van der Waals surface area (Å²) in [6.07, 6.45) is 2.85. The minimum Gasteiger partial charge on any atom is -0.507 e. The van der Waals surface area contributed by atoms with Crippen molar-refractivity contribution in [3.63, 3.8) is 0 Å². The fourth-order valence-corrected chi connectivity index (χ4v) is 1.99. The minimum absolute atomic E-state index is 0.0475. The van der Waals surface area contributed by atoms with E-state index in [2.05, 4.69) is 4.98 Å². The number of aromatic hydroxyl groups is 2. The predicted molar refractivity (Wildman–Crippen MR) is 70.7 cm³/mol. The molecule has 4 heteroatoms. The minimum atomic E-state index is -0.0698. The van der Waals surface area contributed by atoms with Crippen molar-refractivity contribution in [1.29, 1.82) is 0 Å². The molecule has 0 spiro atoms. The Morgan fingerprint density at radius 3 is 2.42 bits per heavy atom. The Kier molecular flexibility index (Phi) is 2.68. The van der Waals surface area contributed by atoms with Gasteiger partial charge in [-0.25, -0.2) is 4.98 Å². The number of rotatable bonds is 2. The van der Waals surface area contributed by atoms with Gasteiger partial charge >= 0.3 is 0 Å². The molecule has 0 amide bonds. The molecule has 0 unspecified atom stereocenters. The van der Waals surface area contributed by atoms with Crippen molar-refractivity contribution in [3.8, 4) is 34.1 Å². The number of oxazole rings is 1. The lowest BCUT2D eigenvalue weighted by atomic mass is 10.0. The topological polar surface area (TPSA) is 66.5 Å². The number of hydrogen-bond donors (Lipinski definition) is 2. The summed E-state index contributed by atoms with van der Waals surface area (Å²) in [5.41, 5.74) is 1.67. The average Bonchev–Trinajstić information content (AvgIpc) is 2.94. The number of hydrogen-bond acceptors (Lipinski definition) is 4. The molecule has 1 heterocycles. The van der Waals surface area contributed by atoms with Crippen molar-refractivity contribution in [2.45, 2.75) is 0 Å². The number of nitrogens with zero attached hydrogens (tertiary/aromatic N) is 1. The van der Waals surface area contributed by atoms with E-state index >= 15 is 0 Å². The van der Waals surface area contributed by atoms with E-state index in [1.54, 1.807) is 6.07 Å². The van der Waals surface area contributed by atoms with Crippen LogP contribution in [0.4, 0.5) is 0 Å². The van der Waals surface area contributed by atoms with Gasteiger partial charge in [-0.2, -0.15) is 0 Å². The van der Waals surface area contributed by atoms with Crippen LogP contribution < -0.4 is 0 Å². The molecule has 0 atom stereocenters. The molecule has 2 N–H and O–H groups in total. The summed E-state index contributed by atoms with van der Waals surface area (Å²) in [6.45, 7) is 0. The lowest BCUT2D eigenvalue weighted by molar-refractivity contribution is 0.449. The Balaban J connectivity index is 2.22. The maximum atomic E-state index is 10.3. The lowest BCUT2D eigenvalue weighted by Crippen LogP contribution is -1.85. The van der Waals surface area contributed by atoms with Crippen molar-refractivity contribution in [1.82, 2.24) is 4.98 Å². The van der Waals surface area contributed by atoms with E-state index in [9.17, 15) is 10.2 Å². The number of benzene rings is 2.